The van der Waals surface area contributed by atoms with Crippen LogP contribution in [0.1, 0.15) is 13.8 Å². The van der Waals surface area contributed by atoms with E-state index in [-0.39, 0.29) is 0 Å². The number of fused-ring (bicyclic) bond motifs is 1. The lowest BCUT2D eigenvalue weighted by Gasteiger charge is -2.01. The highest BCUT2D eigenvalue weighted by molar-refractivity contribution is 5.98. The zero-order valence-corrected chi connectivity index (χ0v) is 10.0. The second-order valence-corrected chi connectivity index (χ2v) is 3.85. The van der Waals surface area contributed by atoms with E-state index in [4.69, 9.17) is 5.41 Å². The molecule has 0 bridgehead atoms. The molecule has 0 saturated carbocycles. The molecule has 2 rings (SSSR count). The van der Waals surface area contributed by atoms with Crippen molar-refractivity contribution in [2.45, 2.75) is 13.8 Å². The number of rotatable bonds is 2. The Morgan fingerprint density at radius 3 is 2.94 bits per heavy atom. The maximum atomic E-state index is 8.01. The van der Waals surface area contributed by atoms with Crippen LogP contribution < -0.4 is 0 Å². The van der Waals surface area contributed by atoms with E-state index in [2.05, 4.69) is 4.98 Å². The minimum absolute atomic E-state index is 0.417. The Labute approximate surface area is 101 Å². The summed E-state index contributed by atoms with van der Waals surface area (Å²) in [5.74, 6) is 0.417. The molecule has 17 heavy (non-hydrogen) atoms. The molecule has 3 heteroatoms. The largest absolute Gasteiger partial charge is 0.286 e. The van der Waals surface area contributed by atoms with Gasteiger partial charge in [-0.15, -0.1) is 0 Å². The van der Waals surface area contributed by atoms with Crippen LogP contribution in [0.4, 0.5) is 0 Å². The molecule has 0 aliphatic rings. The normalized spacial score (nSPS) is 12.5. The van der Waals surface area contributed by atoms with Gasteiger partial charge in [-0.05, 0) is 38.1 Å². The van der Waals surface area contributed by atoms with Gasteiger partial charge in [-0.2, -0.15) is 0 Å². The summed E-state index contributed by atoms with van der Waals surface area (Å²) in [7, 11) is 0. The van der Waals surface area contributed by atoms with Crippen molar-refractivity contribution in [1.82, 2.24) is 9.55 Å². The molecule has 0 unspecified atom stereocenters. The molecule has 3 nitrogen and oxygen atoms in total. The fourth-order valence-corrected chi connectivity index (χ4v) is 1.55. The number of nitrogens with one attached hydrogen (secondary N) is 1. The van der Waals surface area contributed by atoms with Crippen molar-refractivity contribution in [2.24, 2.45) is 0 Å². The highest BCUT2D eigenvalue weighted by Gasteiger charge is 2.03. The highest BCUT2D eigenvalue weighted by Crippen LogP contribution is 2.12. The molecule has 0 aromatic carbocycles. The molecular formula is C14H15N3. The van der Waals surface area contributed by atoms with Gasteiger partial charge in [0, 0.05) is 17.8 Å². The Bertz CT molecular complexity index is 603. The summed E-state index contributed by atoms with van der Waals surface area (Å²) < 4.78 is 1.77. The highest BCUT2D eigenvalue weighted by atomic mass is 15.1. The average molecular weight is 225 g/mol. The van der Waals surface area contributed by atoms with Gasteiger partial charge in [-0.25, -0.2) is 4.98 Å². The van der Waals surface area contributed by atoms with E-state index in [9.17, 15) is 0 Å². The van der Waals surface area contributed by atoms with E-state index in [1.165, 1.54) is 0 Å². The second kappa shape index (κ2) is 4.78. The number of pyridine rings is 1. The molecule has 0 atom stereocenters. The number of allylic oxidation sites excluding steroid dienone is 4. The molecule has 2 aromatic rings. The Morgan fingerprint density at radius 2 is 2.18 bits per heavy atom. The standard InChI is InChI=1S/C14H15N3/c1-3-11(2)6-7-13(15)17-10-8-12-5-4-9-16-14(12)17/h3-10,15H,1-2H3/b7-6-,11-3-,15-13?. The summed E-state index contributed by atoms with van der Waals surface area (Å²) in [4.78, 5) is 4.28. The minimum Gasteiger partial charge on any atom is -0.286 e. The fourth-order valence-electron chi connectivity index (χ4n) is 1.55. The molecule has 86 valence electrons. The molecule has 2 heterocycles. The van der Waals surface area contributed by atoms with Crippen LogP contribution in [0.2, 0.25) is 0 Å². The average Bonchev–Trinajstić information content (AvgIpc) is 2.79. The van der Waals surface area contributed by atoms with E-state index in [1.807, 2.05) is 50.4 Å². The van der Waals surface area contributed by atoms with Gasteiger partial charge in [0.15, 0.2) is 0 Å². The molecule has 1 N–H and O–H groups in total. The quantitative estimate of drug-likeness (QED) is 0.475. The van der Waals surface area contributed by atoms with Gasteiger partial charge in [0.25, 0.3) is 0 Å². The Morgan fingerprint density at radius 1 is 1.35 bits per heavy atom. The van der Waals surface area contributed by atoms with Crippen LogP contribution in [0.15, 0.2) is 54.4 Å². The lowest BCUT2D eigenvalue weighted by atomic mass is 10.2. The van der Waals surface area contributed by atoms with Crippen LogP contribution in [-0.2, 0) is 0 Å². The SMILES string of the molecule is C/C=C(C)\C=C/C(=N)n1ccc2cccnc21. The van der Waals surface area contributed by atoms with Crippen LogP contribution in [0.25, 0.3) is 11.0 Å². The smallest absolute Gasteiger partial charge is 0.145 e. The Kier molecular flexibility index (Phi) is 3.19. The Hall–Kier alpha value is -2.16. The van der Waals surface area contributed by atoms with Gasteiger partial charge < -0.3 is 0 Å². The van der Waals surface area contributed by atoms with Gasteiger partial charge in [-0.3, -0.25) is 9.98 Å². The van der Waals surface area contributed by atoms with E-state index in [1.54, 1.807) is 16.8 Å². The molecule has 0 saturated heterocycles. The van der Waals surface area contributed by atoms with Gasteiger partial charge in [0.2, 0.25) is 0 Å². The second-order valence-electron chi connectivity index (χ2n) is 3.85. The molecule has 0 fully saturated rings. The van der Waals surface area contributed by atoms with Crippen LogP contribution in [0.5, 0.6) is 0 Å². The first-order valence-electron chi connectivity index (χ1n) is 5.54. The van der Waals surface area contributed by atoms with E-state index in [0.717, 1.165) is 16.6 Å². The lowest BCUT2D eigenvalue weighted by Crippen LogP contribution is -2.06. The third kappa shape index (κ3) is 2.33. The summed E-state index contributed by atoms with van der Waals surface area (Å²) in [6.07, 6.45) is 9.33. The third-order valence-electron chi connectivity index (χ3n) is 2.67. The van der Waals surface area contributed by atoms with Crippen LogP contribution in [0.3, 0.4) is 0 Å². The van der Waals surface area contributed by atoms with E-state index < -0.39 is 0 Å². The maximum absolute atomic E-state index is 8.01. The fraction of sp³-hybridized carbons (Fsp3) is 0.143. The summed E-state index contributed by atoms with van der Waals surface area (Å²) in [6.45, 7) is 3.99. The number of hydrogen-bond acceptors (Lipinski definition) is 2. The van der Waals surface area contributed by atoms with Crippen molar-refractivity contribution in [1.29, 1.82) is 5.41 Å². The Balaban J connectivity index is 2.34. The summed E-state index contributed by atoms with van der Waals surface area (Å²) >= 11 is 0. The monoisotopic (exact) mass is 225 g/mol. The molecule has 0 aliphatic heterocycles. The zero-order chi connectivity index (χ0) is 12.3. The molecule has 0 radical (unpaired) electrons. The number of hydrogen-bond donors (Lipinski definition) is 1. The molecule has 0 amide bonds. The minimum atomic E-state index is 0.417. The first-order chi connectivity index (χ1) is 8.22. The van der Waals surface area contributed by atoms with Crippen LogP contribution >= 0.6 is 0 Å². The topological polar surface area (TPSA) is 41.7 Å². The van der Waals surface area contributed by atoms with Crippen LogP contribution in [0, 0.1) is 5.41 Å². The van der Waals surface area contributed by atoms with Gasteiger partial charge >= 0.3 is 0 Å². The van der Waals surface area contributed by atoms with Crippen molar-refractivity contribution in [3.8, 4) is 0 Å². The third-order valence-corrected chi connectivity index (χ3v) is 2.67. The van der Waals surface area contributed by atoms with Crippen molar-refractivity contribution in [3.63, 3.8) is 0 Å². The van der Waals surface area contributed by atoms with Gasteiger partial charge in [-0.1, -0.05) is 17.7 Å². The molecule has 0 aliphatic carbocycles. The number of aromatic nitrogens is 2. The summed E-state index contributed by atoms with van der Waals surface area (Å²) in [6, 6.07) is 5.86. The first-order valence-corrected chi connectivity index (χ1v) is 5.54. The van der Waals surface area contributed by atoms with Gasteiger partial charge in [0.05, 0.1) is 0 Å². The number of nitrogens with zero attached hydrogens (tertiary/aromatic N) is 2. The summed E-state index contributed by atoms with van der Waals surface area (Å²) in [5, 5.41) is 9.06. The molecular weight excluding hydrogens is 210 g/mol. The predicted octanol–water partition coefficient (Wildman–Crippen LogP) is 3.38. The lowest BCUT2D eigenvalue weighted by molar-refractivity contribution is 1.15. The van der Waals surface area contributed by atoms with E-state index >= 15 is 0 Å². The first kappa shape index (κ1) is 11.3. The van der Waals surface area contributed by atoms with Crippen molar-refractivity contribution in [2.75, 3.05) is 0 Å². The van der Waals surface area contributed by atoms with Crippen molar-refractivity contribution < 1.29 is 0 Å². The van der Waals surface area contributed by atoms with Gasteiger partial charge in [0.1, 0.15) is 11.5 Å². The maximum Gasteiger partial charge on any atom is 0.145 e. The van der Waals surface area contributed by atoms with E-state index in [0.29, 0.717) is 5.84 Å². The predicted molar refractivity (Wildman–Crippen MR) is 71.4 cm³/mol. The van der Waals surface area contributed by atoms with Crippen molar-refractivity contribution in [3.05, 3.63) is 54.4 Å². The molecule has 0 spiro atoms. The zero-order valence-electron chi connectivity index (χ0n) is 10.0. The molecule has 2 aromatic heterocycles. The van der Waals surface area contributed by atoms with Crippen LogP contribution in [-0.4, -0.2) is 15.4 Å². The summed E-state index contributed by atoms with van der Waals surface area (Å²) in [5.41, 5.74) is 1.96. The van der Waals surface area contributed by atoms with Crippen molar-refractivity contribution >= 4 is 16.9 Å².